The van der Waals surface area contributed by atoms with Crippen molar-refractivity contribution in [1.82, 2.24) is 0 Å². The van der Waals surface area contributed by atoms with Gasteiger partial charge in [0.05, 0.1) is 5.92 Å². The van der Waals surface area contributed by atoms with E-state index in [1.807, 2.05) is 0 Å². The first-order chi connectivity index (χ1) is 6.66. The summed E-state index contributed by atoms with van der Waals surface area (Å²) in [6.07, 6.45) is 2.49. The second-order valence-corrected chi connectivity index (χ2v) is 4.06. The van der Waals surface area contributed by atoms with Crippen molar-refractivity contribution in [2.75, 3.05) is 0 Å². The summed E-state index contributed by atoms with van der Waals surface area (Å²) in [7, 11) is 0. The van der Waals surface area contributed by atoms with Crippen molar-refractivity contribution in [3.63, 3.8) is 0 Å². The minimum absolute atomic E-state index is 0.308. The molecular weight excluding hydrogens is 204 g/mol. The van der Waals surface area contributed by atoms with Crippen LogP contribution in [0.4, 0.5) is 0 Å². The number of hydrogen-bond acceptors (Lipinski definition) is 2. The van der Waals surface area contributed by atoms with Gasteiger partial charge in [0.2, 0.25) is 0 Å². The molecule has 0 amide bonds. The molecule has 1 aromatic heterocycles. The van der Waals surface area contributed by atoms with Gasteiger partial charge in [0.1, 0.15) is 5.76 Å². The van der Waals surface area contributed by atoms with Crippen LogP contribution in [0.25, 0.3) is 0 Å². The fourth-order valence-electron chi connectivity index (χ4n) is 1.63. The molecule has 76 valence electrons. The van der Waals surface area contributed by atoms with Crippen LogP contribution in [-0.2, 0) is 11.2 Å². The van der Waals surface area contributed by atoms with Crippen molar-refractivity contribution in [1.29, 1.82) is 0 Å². The van der Waals surface area contributed by atoms with Crippen LogP contribution in [0.15, 0.2) is 16.5 Å². The smallest absolute Gasteiger partial charge is 0.307 e. The minimum atomic E-state index is -0.736. The van der Waals surface area contributed by atoms with Gasteiger partial charge in [-0.1, -0.05) is 0 Å². The average Bonchev–Trinajstić information content (AvgIpc) is 2.86. The van der Waals surface area contributed by atoms with E-state index < -0.39 is 5.97 Å². The van der Waals surface area contributed by atoms with Gasteiger partial charge in [-0.15, -0.1) is 0 Å². The third-order valence-corrected chi connectivity index (χ3v) is 2.76. The van der Waals surface area contributed by atoms with Crippen LogP contribution in [-0.4, -0.2) is 11.1 Å². The largest absolute Gasteiger partial charge is 0.481 e. The molecule has 0 radical (unpaired) electrons. The fraction of sp³-hybridized carbons (Fsp3) is 0.500. The quantitative estimate of drug-likeness (QED) is 0.838. The molecule has 1 aliphatic carbocycles. The average molecular weight is 215 g/mol. The lowest BCUT2D eigenvalue weighted by Gasteiger charge is -2.07. The van der Waals surface area contributed by atoms with Crippen molar-refractivity contribution in [3.05, 3.63) is 23.1 Å². The fourth-order valence-corrected chi connectivity index (χ4v) is 1.79. The molecule has 1 N–H and O–H groups in total. The lowest BCUT2D eigenvalue weighted by molar-refractivity contribution is -0.142. The van der Waals surface area contributed by atoms with Crippen LogP contribution in [0.3, 0.4) is 0 Å². The van der Waals surface area contributed by atoms with Gasteiger partial charge in [0, 0.05) is 6.42 Å². The Morgan fingerprint density at radius 1 is 1.64 bits per heavy atom. The highest BCUT2D eigenvalue weighted by Crippen LogP contribution is 2.38. The molecule has 1 heterocycles. The van der Waals surface area contributed by atoms with Gasteiger partial charge < -0.3 is 9.52 Å². The van der Waals surface area contributed by atoms with Gasteiger partial charge in [0.15, 0.2) is 5.22 Å². The minimum Gasteiger partial charge on any atom is -0.481 e. The van der Waals surface area contributed by atoms with E-state index in [0.717, 1.165) is 12.8 Å². The van der Waals surface area contributed by atoms with Crippen LogP contribution < -0.4 is 0 Å². The molecule has 0 aliphatic heterocycles. The Morgan fingerprint density at radius 3 is 2.79 bits per heavy atom. The van der Waals surface area contributed by atoms with Crippen molar-refractivity contribution in [3.8, 4) is 0 Å². The summed E-state index contributed by atoms with van der Waals surface area (Å²) in [6, 6.07) is 3.38. The van der Waals surface area contributed by atoms with Gasteiger partial charge in [0.25, 0.3) is 0 Å². The summed E-state index contributed by atoms with van der Waals surface area (Å²) in [5.41, 5.74) is 0. The van der Waals surface area contributed by atoms with E-state index in [4.69, 9.17) is 21.1 Å². The third kappa shape index (κ3) is 2.10. The Hall–Kier alpha value is -0.960. The Labute approximate surface area is 86.7 Å². The summed E-state index contributed by atoms with van der Waals surface area (Å²) in [6.45, 7) is 0. The van der Waals surface area contributed by atoms with Crippen molar-refractivity contribution < 1.29 is 14.3 Å². The Bertz CT molecular complexity index is 341. The number of hydrogen-bond donors (Lipinski definition) is 1. The molecule has 1 unspecified atom stereocenters. The number of carboxylic acid groups (broad SMARTS) is 1. The number of furan rings is 1. The van der Waals surface area contributed by atoms with E-state index in [1.54, 1.807) is 12.1 Å². The van der Waals surface area contributed by atoms with Crippen LogP contribution >= 0.6 is 11.6 Å². The molecule has 2 rings (SSSR count). The van der Waals surface area contributed by atoms with E-state index in [-0.39, 0.29) is 5.92 Å². The lowest BCUT2D eigenvalue weighted by atomic mass is 9.99. The first-order valence-corrected chi connectivity index (χ1v) is 5.01. The highest BCUT2D eigenvalue weighted by molar-refractivity contribution is 6.28. The Kier molecular flexibility index (Phi) is 2.50. The number of carbonyl (C=O) groups is 1. The van der Waals surface area contributed by atoms with Crippen LogP contribution in [0.1, 0.15) is 18.6 Å². The molecule has 1 atom stereocenters. The van der Waals surface area contributed by atoms with E-state index in [1.165, 1.54) is 0 Å². The van der Waals surface area contributed by atoms with E-state index in [9.17, 15) is 4.79 Å². The molecular formula is C10H11ClO3. The summed E-state index contributed by atoms with van der Waals surface area (Å²) in [5, 5.41) is 9.30. The SMILES string of the molecule is O=C(O)C(Cc1ccc(Cl)o1)C1CC1. The summed E-state index contributed by atoms with van der Waals surface area (Å²) >= 11 is 5.60. The van der Waals surface area contributed by atoms with Gasteiger partial charge in [-0.3, -0.25) is 4.79 Å². The zero-order chi connectivity index (χ0) is 10.1. The Balaban J connectivity index is 2.03. The van der Waals surface area contributed by atoms with Gasteiger partial charge >= 0.3 is 5.97 Å². The summed E-state index contributed by atoms with van der Waals surface area (Å²) < 4.78 is 5.14. The molecule has 3 nitrogen and oxygen atoms in total. The molecule has 14 heavy (non-hydrogen) atoms. The number of rotatable bonds is 4. The highest BCUT2D eigenvalue weighted by Gasteiger charge is 2.36. The molecule has 1 aliphatic rings. The van der Waals surface area contributed by atoms with E-state index in [0.29, 0.717) is 23.3 Å². The maximum atomic E-state index is 10.9. The molecule has 0 saturated heterocycles. The lowest BCUT2D eigenvalue weighted by Crippen LogP contribution is -2.18. The van der Waals surface area contributed by atoms with Crippen molar-refractivity contribution in [2.45, 2.75) is 19.3 Å². The van der Waals surface area contributed by atoms with Crippen molar-refractivity contribution >= 4 is 17.6 Å². The second kappa shape index (κ2) is 3.65. The zero-order valence-electron chi connectivity index (χ0n) is 7.57. The highest BCUT2D eigenvalue weighted by atomic mass is 35.5. The maximum Gasteiger partial charge on any atom is 0.307 e. The van der Waals surface area contributed by atoms with Crippen LogP contribution in [0, 0.1) is 11.8 Å². The molecule has 1 fully saturated rings. The maximum absolute atomic E-state index is 10.9. The van der Waals surface area contributed by atoms with Gasteiger partial charge in [-0.25, -0.2) is 0 Å². The normalized spacial score (nSPS) is 18.1. The molecule has 0 aromatic carbocycles. The van der Waals surface area contributed by atoms with Crippen molar-refractivity contribution in [2.24, 2.45) is 11.8 Å². The molecule has 1 aromatic rings. The third-order valence-electron chi connectivity index (χ3n) is 2.56. The first kappa shape index (κ1) is 9.59. The summed E-state index contributed by atoms with van der Waals surface area (Å²) in [5.74, 6) is -0.0529. The predicted molar refractivity (Wildman–Crippen MR) is 51.3 cm³/mol. The number of aliphatic carboxylic acids is 1. The Morgan fingerprint density at radius 2 is 2.36 bits per heavy atom. The molecule has 0 spiro atoms. The summed E-state index contributed by atoms with van der Waals surface area (Å²) in [4.78, 5) is 10.9. The van der Waals surface area contributed by atoms with E-state index in [2.05, 4.69) is 0 Å². The van der Waals surface area contributed by atoms with E-state index >= 15 is 0 Å². The topological polar surface area (TPSA) is 50.4 Å². The zero-order valence-corrected chi connectivity index (χ0v) is 8.33. The molecule has 0 bridgehead atoms. The second-order valence-electron chi connectivity index (χ2n) is 3.69. The van der Waals surface area contributed by atoms with Crippen LogP contribution in [0.5, 0.6) is 0 Å². The van der Waals surface area contributed by atoms with Gasteiger partial charge in [-0.05, 0) is 42.5 Å². The first-order valence-electron chi connectivity index (χ1n) is 4.64. The predicted octanol–water partition coefficient (Wildman–Crippen LogP) is 2.59. The number of halogens is 1. The van der Waals surface area contributed by atoms with Gasteiger partial charge in [-0.2, -0.15) is 0 Å². The monoisotopic (exact) mass is 214 g/mol. The standard InChI is InChI=1S/C10H11ClO3/c11-9-4-3-7(14-9)5-8(10(12)13)6-1-2-6/h3-4,6,8H,1-2,5H2,(H,12,13). The molecule has 4 heteroatoms. The molecule has 1 saturated carbocycles. The number of carboxylic acids is 1. The van der Waals surface area contributed by atoms with Crippen LogP contribution in [0.2, 0.25) is 5.22 Å².